The van der Waals surface area contributed by atoms with Crippen LogP contribution in [0.2, 0.25) is 0 Å². The van der Waals surface area contributed by atoms with E-state index < -0.39 is 11.0 Å². The number of nitrogens with one attached hydrogen (secondary N) is 1. The van der Waals surface area contributed by atoms with Gasteiger partial charge in [-0.3, -0.25) is 10.1 Å². The third kappa shape index (κ3) is 4.32. The van der Waals surface area contributed by atoms with E-state index >= 15 is 0 Å². The molecule has 1 unspecified atom stereocenters. The summed E-state index contributed by atoms with van der Waals surface area (Å²) < 4.78 is 0. The van der Waals surface area contributed by atoms with Gasteiger partial charge in [0.2, 0.25) is 11.8 Å². The topological polar surface area (TPSA) is 104 Å². The molecule has 0 bridgehead atoms. The second-order valence-electron chi connectivity index (χ2n) is 4.25. The molecule has 0 aliphatic rings. The maximum absolute atomic E-state index is 11.0. The van der Waals surface area contributed by atoms with Crippen LogP contribution in [0.25, 0.3) is 0 Å². The van der Waals surface area contributed by atoms with Gasteiger partial charge in [0.1, 0.15) is 6.20 Å². The number of nitrogens with zero attached hydrogens (tertiary/aromatic N) is 4. The van der Waals surface area contributed by atoms with Crippen LogP contribution in [0.4, 0.5) is 17.5 Å². The highest BCUT2D eigenvalue weighted by atomic mass is 16.6. The van der Waals surface area contributed by atoms with E-state index in [1.807, 2.05) is 6.92 Å². The number of aliphatic hydroxyl groups excluding tert-OH is 1. The number of aliphatic hydroxyl groups is 1. The van der Waals surface area contributed by atoms with Crippen LogP contribution < -0.4 is 10.2 Å². The molecule has 0 aromatic carbocycles. The van der Waals surface area contributed by atoms with Crippen LogP contribution in [0.3, 0.4) is 0 Å². The number of anilines is 2. The number of hydrogen-bond donors (Lipinski definition) is 2. The standard InChI is InChI=1S/C11H19N5O3/c1-4-12-11-13-7-9(16(18)19)10(14-11)15(3)6-5-8(2)17/h7-8,17H,4-6H2,1-3H3,(H,12,13,14). The third-order valence-corrected chi connectivity index (χ3v) is 2.53. The predicted octanol–water partition coefficient (Wildman–Crippen LogP) is 1.02. The van der Waals surface area contributed by atoms with Crippen molar-refractivity contribution in [2.24, 2.45) is 0 Å². The molecular formula is C11H19N5O3. The molecule has 1 atom stereocenters. The lowest BCUT2D eigenvalue weighted by Crippen LogP contribution is -2.24. The van der Waals surface area contributed by atoms with Gasteiger partial charge in [0.25, 0.3) is 0 Å². The normalized spacial score (nSPS) is 12.0. The van der Waals surface area contributed by atoms with E-state index in [1.165, 1.54) is 6.20 Å². The molecule has 0 amide bonds. The third-order valence-electron chi connectivity index (χ3n) is 2.53. The Kier molecular flexibility index (Phi) is 5.43. The Balaban J connectivity index is 2.99. The summed E-state index contributed by atoms with van der Waals surface area (Å²) in [6, 6.07) is 0. The van der Waals surface area contributed by atoms with Crippen molar-refractivity contribution >= 4 is 17.5 Å². The SMILES string of the molecule is CCNc1ncc([N+](=O)[O-])c(N(C)CCC(C)O)n1. The summed E-state index contributed by atoms with van der Waals surface area (Å²) in [6.45, 7) is 4.67. The maximum Gasteiger partial charge on any atom is 0.329 e. The molecule has 0 spiro atoms. The van der Waals surface area contributed by atoms with Crippen LogP contribution in [0, 0.1) is 10.1 Å². The minimum atomic E-state index is -0.510. The fourth-order valence-corrected chi connectivity index (χ4v) is 1.51. The summed E-state index contributed by atoms with van der Waals surface area (Å²) >= 11 is 0. The van der Waals surface area contributed by atoms with Gasteiger partial charge in [-0.05, 0) is 20.3 Å². The summed E-state index contributed by atoms with van der Waals surface area (Å²) in [6.07, 6.45) is 1.24. The van der Waals surface area contributed by atoms with Crippen LogP contribution in [0.15, 0.2) is 6.20 Å². The summed E-state index contributed by atoms with van der Waals surface area (Å²) in [7, 11) is 1.70. The molecule has 0 aliphatic carbocycles. The van der Waals surface area contributed by atoms with Gasteiger partial charge in [-0.2, -0.15) is 4.98 Å². The first-order valence-corrected chi connectivity index (χ1v) is 6.10. The Morgan fingerprint density at radius 2 is 2.32 bits per heavy atom. The second kappa shape index (κ2) is 6.83. The van der Waals surface area contributed by atoms with Gasteiger partial charge >= 0.3 is 5.69 Å². The Morgan fingerprint density at radius 1 is 1.63 bits per heavy atom. The van der Waals surface area contributed by atoms with Crippen molar-refractivity contribution in [2.75, 3.05) is 30.4 Å². The van der Waals surface area contributed by atoms with Crippen molar-refractivity contribution in [3.8, 4) is 0 Å². The molecule has 1 heterocycles. The molecule has 0 saturated heterocycles. The molecule has 1 aromatic heterocycles. The van der Waals surface area contributed by atoms with E-state index in [0.717, 1.165) is 0 Å². The fourth-order valence-electron chi connectivity index (χ4n) is 1.51. The molecule has 2 N–H and O–H groups in total. The van der Waals surface area contributed by atoms with Crippen LogP contribution in [-0.2, 0) is 0 Å². The van der Waals surface area contributed by atoms with Gasteiger partial charge in [0, 0.05) is 20.1 Å². The lowest BCUT2D eigenvalue weighted by Gasteiger charge is -2.19. The molecule has 19 heavy (non-hydrogen) atoms. The average Bonchev–Trinajstić information content (AvgIpc) is 2.36. The summed E-state index contributed by atoms with van der Waals surface area (Å²) in [5.74, 6) is 0.601. The Morgan fingerprint density at radius 3 is 2.84 bits per heavy atom. The van der Waals surface area contributed by atoms with Crippen LogP contribution in [0.5, 0.6) is 0 Å². The molecule has 8 nitrogen and oxygen atoms in total. The van der Waals surface area contributed by atoms with E-state index in [4.69, 9.17) is 0 Å². The average molecular weight is 269 g/mol. The molecule has 0 saturated carbocycles. The highest BCUT2D eigenvalue weighted by Crippen LogP contribution is 2.25. The zero-order valence-corrected chi connectivity index (χ0v) is 11.3. The van der Waals surface area contributed by atoms with Crippen molar-refractivity contribution in [3.63, 3.8) is 0 Å². The number of hydrogen-bond acceptors (Lipinski definition) is 7. The summed E-state index contributed by atoms with van der Waals surface area (Å²) in [5.41, 5.74) is -0.144. The number of aromatic nitrogens is 2. The van der Waals surface area contributed by atoms with Gasteiger partial charge in [-0.1, -0.05) is 0 Å². The summed E-state index contributed by atoms with van der Waals surface area (Å²) in [5, 5.41) is 23.1. The Labute approximate surface area is 111 Å². The first-order valence-electron chi connectivity index (χ1n) is 6.10. The van der Waals surface area contributed by atoms with Crippen molar-refractivity contribution in [3.05, 3.63) is 16.3 Å². The number of rotatable bonds is 7. The van der Waals surface area contributed by atoms with E-state index in [9.17, 15) is 15.2 Å². The van der Waals surface area contributed by atoms with Crippen LogP contribution in [0.1, 0.15) is 20.3 Å². The van der Waals surface area contributed by atoms with Gasteiger partial charge in [-0.25, -0.2) is 4.98 Å². The Hall–Kier alpha value is -1.96. The molecular weight excluding hydrogens is 250 g/mol. The predicted molar refractivity (Wildman–Crippen MR) is 72.4 cm³/mol. The van der Waals surface area contributed by atoms with E-state index in [2.05, 4.69) is 15.3 Å². The van der Waals surface area contributed by atoms with Crippen molar-refractivity contribution in [1.82, 2.24) is 9.97 Å². The lowest BCUT2D eigenvalue weighted by molar-refractivity contribution is -0.384. The molecule has 1 aromatic rings. The van der Waals surface area contributed by atoms with Gasteiger partial charge in [-0.15, -0.1) is 0 Å². The Bertz CT molecular complexity index is 438. The first-order chi connectivity index (χ1) is 8.95. The fraction of sp³-hybridized carbons (Fsp3) is 0.636. The van der Waals surface area contributed by atoms with Crippen LogP contribution in [-0.4, -0.2) is 46.2 Å². The highest BCUT2D eigenvalue weighted by Gasteiger charge is 2.20. The van der Waals surface area contributed by atoms with Crippen molar-refractivity contribution < 1.29 is 10.0 Å². The zero-order chi connectivity index (χ0) is 14.4. The highest BCUT2D eigenvalue weighted by molar-refractivity contribution is 5.58. The van der Waals surface area contributed by atoms with Gasteiger partial charge < -0.3 is 15.3 Å². The summed E-state index contributed by atoms with van der Waals surface area (Å²) in [4.78, 5) is 20.1. The van der Waals surface area contributed by atoms with Gasteiger partial charge in [0.15, 0.2) is 0 Å². The molecule has 106 valence electrons. The maximum atomic E-state index is 11.0. The van der Waals surface area contributed by atoms with Crippen LogP contribution >= 0.6 is 0 Å². The van der Waals surface area contributed by atoms with Gasteiger partial charge in [0.05, 0.1) is 11.0 Å². The molecule has 8 heteroatoms. The van der Waals surface area contributed by atoms with E-state index in [0.29, 0.717) is 25.5 Å². The lowest BCUT2D eigenvalue weighted by atomic mass is 10.3. The first kappa shape index (κ1) is 15.1. The quantitative estimate of drug-likeness (QED) is 0.562. The molecule has 0 radical (unpaired) electrons. The van der Waals surface area contributed by atoms with E-state index in [1.54, 1.807) is 18.9 Å². The monoisotopic (exact) mass is 269 g/mol. The second-order valence-corrected chi connectivity index (χ2v) is 4.25. The number of nitro groups is 1. The minimum absolute atomic E-state index is 0.144. The zero-order valence-electron chi connectivity index (χ0n) is 11.3. The van der Waals surface area contributed by atoms with Crippen molar-refractivity contribution in [1.29, 1.82) is 0 Å². The van der Waals surface area contributed by atoms with E-state index in [-0.39, 0.29) is 11.5 Å². The van der Waals surface area contributed by atoms with Crippen molar-refractivity contribution in [2.45, 2.75) is 26.4 Å². The molecule has 0 fully saturated rings. The largest absolute Gasteiger partial charge is 0.393 e. The molecule has 1 rings (SSSR count). The molecule has 0 aliphatic heterocycles. The minimum Gasteiger partial charge on any atom is -0.393 e. The smallest absolute Gasteiger partial charge is 0.329 e.